The summed E-state index contributed by atoms with van der Waals surface area (Å²) < 4.78 is 0. The van der Waals surface area contributed by atoms with E-state index in [1.165, 1.54) is 16.2 Å². The predicted octanol–water partition coefficient (Wildman–Crippen LogP) is 1.71. The number of carbonyl (C=O) groups is 3. The number of benzene rings is 1. The van der Waals surface area contributed by atoms with Gasteiger partial charge in [0.15, 0.2) is 5.13 Å². The van der Waals surface area contributed by atoms with Crippen molar-refractivity contribution in [1.29, 1.82) is 0 Å². The highest BCUT2D eigenvalue weighted by atomic mass is 32.1. The standard InChI is InChI=1S/C15H13N3O3S/c1-9-8-22-15(16-9)17(2)12(19)7-18-13(20)10-5-3-4-6-11(10)14(18)21/h3-6,8H,7H2,1-2H3. The van der Waals surface area contributed by atoms with Crippen LogP contribution in [0.5, 0.6) is 0 Å². The maximum absolute atomic E-state index is 12.3. The Kier molecular flexibility index (Phi) is 3.50. The van der Waals surface area contributed by atoms with Gasteiger partial charge in [-0.05, 0) is 19.1 Å². The van der Waals surface area contributed by atoms with Crippen molar-refractivity contribution in [3.8, 4) is 0 Å². The summed E-state index contributed by atoms with van der Waals surface area (Å²) in [5, 5.41) is 2.38. The van der Waals surface area contributed by atoms with E-state index in [0.717, 1.165) is 10.6 Å². The van der Waals surface area contributed by atoms with E-state index in [2.05, 4.69) is 4.98 Å². The zero-order valence-electron chi connectivity index (χ0n) is 12.1. The van der Waals surface area contributed by atoms with Crippen LogP contribution in [-0.2, 0) is 4.79 Å². The number of carbonyl (C=O) groups excluding carboxylic acids is 3. The topological polar surface area (TPSA) is 70.6 Å². The second kappa shape index (κ2) is 5.34. The summed E-state index contributed by atoms with van der Waals surface area (Å²) in [6, 6.07) is 6.57. The van der Waals surface area contributed by atoms with Gasteiger partial charge in [-0.15, -0.1) is 11.3 Å². The Balaban J connectivity index is 1.78. The van der Waals surface area contributed by atoms with E-state index < -0.39 is 11.8 Å². The lowest BCUT2D eigenvalue weighted by Gasteiger charge is -2.18. The van der Waals surface area contributed by atoms with E-state index in [-0.39, 0.29) is 12.5 Å². The van der Waals surface area contributed by atoms with Crippen molar-refractivity contribution in [2.45, 2.75) is 6.92 Å². The molecule has 0 bridgehead atoms. The maximum atomic E-state index is 12.3. The molecule has 1 aromatic heterocycles. The molecule has 1 aliphatic rings. The highest BCUT2D eigenvalue weighted by molar-refractivity contribution is 7.14. The molecule has 0 saturated carbocycles. The number of nitrogens with zero attached hydrogens (tertiary/aromatic N) is 3. The number of fused-ring (bicyclic) bond motifs is 1. The molecule has 0 unspecified atom stereocenters. The van der Waals surface area contributed by atoms with Crippen LogP contribution >= 0.6 is 11.3 Å². The second-order valence-corrected chi connectivity index (χ2v) is 5.80. The molecule has 3 amide bonds. The minimum Gasteiger partial charge on any atom is -0.290 e. The summed E-state index contributed by atoms with van der Waals surface area (Å²) >= 11 is 1.34. The molecule has 0 radical (unpaired) electrons. The van der Waals surface area contributed by atoms with Crippen LogP contribution in [-0.4, -0.2) is 41.2 Å². The van der Waals surface area contributed by atoms with E-state index in [1.54, 1.807) is 31.3 Å². The van der Waals surface area contributed by atoms with Crippen LogP contribution in [0.1, 0.15) is 26.4 Å². The van der Waals surface area contributed by atoms with Crippen molar-refractivity contribution in [1.82, 2.24) is 9.88 Å². The monoisotopic (exact) mass is 315 g/mol. The van der Waals surface area contributed by atoms with Gasteiger partial charge in [0.05, 0.1) is 16.8 Å². The Labute approximate surface area is 131 Å². The molecule has 7 heteroatoms. The van der Waals surface area contributed by atoms with Gasteiger partial charge in [0.1, 0.15) is 6.54 Å². The molecule has 3 rings (SSSR count). The number of rotatable bonds is 3. The smallest absolute Gasteiger partial charge is 0.262 e. The summed E-state index contributed by atoms with van der Waals surface area (Å²) in [4.78, 5) is 43.3. The second-order valence-electron chi connectivity index (χ2n) is 4.97. The molecular formula is C15H13N3O3S. The van der Waals surface area contributed by atoms with E-state index in [9.17, 15) is 14.4 Å². The highest BCUT2D eigenvalue weighted by Crippen LogP contribution is 2.23. The van der Waals surface area contributed by atoms with Gasteiger partial charge in [0.2, 0.25) is 5.91 Å². The average molecular weight is 315 g/mol. The van der Waals surface area contributed by atoms with Gasteiger partial charge in [-0.3, -0.25) is 24.2 Å². The zero-order valence-corrected chi connectivity index (χ0v) is 12.9. The lowest BCUT2D eigenvalue weighted by molar-refractivity contribution is -0.118. The first-order valence-electron chi connectivity index (χ1n) is 6.63. The van der Waals surface area contributed by atoms with Crippen LogP contribution < -0.4 is 4.90 Å². The fraction of sp³-hybridized carbons (Fsp3) is 0.200. The molecular weight excluding hydrogens is 302 g/mol. The molecule has 2 heterocycles. The molecule has 6 nitrogen and oxygen atoms in total. The first-order chi connectivity index (χ1) is 10.5. The quantitative estimate of drug-likeness (QED) is 0.809. The Bertz CT molecular complexity index is 749. The molecule has 0 aliphatic carbocycles. The van der Waals surface area contributed by atoms with E-state index >= 15 is 0 Å². The largest absolute Gasteiger partial charge is 0.290 e. The van der Waals surface area contributed by atoms with Gasteiger partial charge in [-0.1, -0.05) is 12.1 Å². The number of amides is 3. The van der Waals surface area contributed by atoms with Crippen LogP contribution in [0, 0.1) is 6.92 Å². The number of anilines is 1. The SMILES string of the molecule is Cc1csc(N(C)C(=O)CN2C(=O)c3ccccc3C2=O)n1. The van der Waals surface area contributed by atoms with Gasteiger partial charge in [0.25, 0.3) is 11.8 Å². The first-order valence-corrected chi connectivity index (χ1v) is 7.51. The van der Waals surface area contributed by atoms with Gasteiger partial charge < -0.3 is 0 Å². The fourth-order valence-corrected chi connectivity index (χ4v) is 3.01. The summed E-state index contributed by atoms with van der Waals surface area (Å²) in [7, 11) is 1.58. The Morgan fingerprint density at radius 3 is 2.32 bits per heavy atom. The van der Waals surface area contributed by atoms with Crippen LogP contribution in [0.15, 0.2) is 29.6 Å². The number of thiazole rings is 1. The lowest BCUT2D eigenvalue weighted by atomic mass is 10.1. The van der Waals surface area contributed by atoms with Crippen molar-refractivity contribution in [3.05, 3.63) is 46.5 Å². The van der Waals surface area contributed by atoms with E-state index in [1.807, 2.05) is 12.3 Å². The summed E-state index contributed by atoms with van der Waals surface area (Å²) in [5.41, 5.74) is 1.50. The third-order valence-electron chi connectivity index (χ3n) is 3.44. The molecule has 22 heavy (non-hydrogen) atoms. The summed E-state index contributed by atoms with van der Waals surface area (Å²) in [6.07, 6.45) is 0. The van der Waals surface area contributed by atoms with Gasteiger partial charge in [-0.2, -0.15) is 0 Å². The summed E-state index contributed by atoms with van der Waals surface area (Å²) in [5.74, 6) is -1.22. The maximum Gasteiger partial charge on any atom is 0.262 e. The summed E-state index contributed by atoms with van der Waals surface area (Å²) in [6.45, 7) is 1.55. The first kappa shape index (κ1) is 14.4. The number of aromatic nitrogens is 1. The highest BCUT2D eigenvalue weighted by Gasteiger charge is 2.36. The van der Waals surface area contributed by atoms with Gasteiger partial charge >= 0.3 is 0 Å². The Morgan fingerprint density at radius 2 is 1.82 bits per heavy atom. The third kappa shape index (κ3) is 2.29. The van der Waals surface area contributed by atoms with Gasteiger partial charge in [0, 0.05) is 12.4 Å². The third-order valence-corrected chi connectivity index (χ3v) is 4.47. The predicted molar refractivity (Wildman–Crippen MR) is 82.1 cm³/mol. The molecule has 0 fully saturated rings. The fourth-order valence-electron chi connectivity index (χ4n) is 2.23. The molecule has 0 N–H and O–H groups in total. The molecule has 1 aliphatic heterocycles. The molecule has 0 spiro atoms. The number of likely N-dealkylation sites (N-methyl/N-ethyl adjacent to an activating group) is 1. The van der Waals surface area contributed by atoms with E-state index in [4.69, 9.17) is 0 Å². The number of hydrogen-bond donors (Lipinski definition) is 0. The molecule has 2 aromatic rings. The number of hydrogen-bond acceptors (Lipinski definition) is 5. The molecule has 0 atom stereocenters. The van der Waals surface area contributed by atoms with Crippen LogP contribution in [0.4, 0.5) is 5.13 Å². The normalized spacial score (nSPS) is 13.5. The van der Waals surface area contributed by atoms with Crippen LogP contribution in [0.25, 0.3) is 0 Å². The van der Waals surface area contributed by atoms with Crippen molar-refractivity contribution in [2.75, 3.05) is 18.5 Å². The molecule has 1 aromatic carbocycles. The van der Waals surface area contributed by atoms with Crippen molar-refractivity contribution in [3.63, 3.8) is 0 Å². The number of imide groups is 1. The van der Waals surface area contributed by atoms with E-state index in [0.29, 0.717) is 16.3 Å². The Hall–Kier alpha value is -2.54. The Morgan fingerprint density at radius 1 is 1.23 bits per heavy atom. The van der Waals surface area contributed by atoms with Crippen molar-refractivity contribution in [2.24, 2.45) is 0 Å². The lowest BCUT2D eigenvalue weighted by Crippen LogP contribution is -2.41. The minimum atomic E-state index is -0.433. The van der Waals surface area contributed by atoms with Crippen molar-refractivity contribution < 1.29 is 14.4 Å². The minimum absolute atomic E-state index is 0.290. The molecule has 0 saturated heterocycles. The van der Waals surface area contributed by atoms with Gasteiger partial charge in [-0.25, -0.2) is 4.98 Å². The van der Waals surface area contributed by atoms with Crippen molar-refractivity contribution >= 4 is 34.2 Å². The molecule has 112 valence electrons. The van der Waals surface area contributed by atoms with Crippen LogP contribution in [0.2, 0.25) is 0 Å². The average Bonchev–Trinajstić information content (AvgIpc) is 3.05. The zero-order chi connectivity index (χ0) is 15.9. The number of aryl methyl sites for hydroxylation is 1. The van der Waals surface area contributed by atoms with Crippen LogP contribution in [0.3, 0.4) is 0 Å².